The third-order valence-electron chi connectivity index (χ3n) is 4.90. The van der Waals surface area contributed by atoms with Crippen LogP contribution in [0.4, 0.5) is 13.2 Å². The monoisotopic (exact) mass is 344 g/mol. The third-order valence-corrected chi connectivity index (χ3v) is 4.90. The van der Waals surface area contributed by atoms with Gasteiger partial charge >= 0.3 is 6.18 Å². The fourth-order valence-corrected chi connectivity index (χ4v) is 3.28. The van der Waals surface area contributed by atoms with E-state index >= 15 is 0 Å². The number of carbonyl (C=O) groups excluding carboxylic acids is 1. The van der Waals surface area contributed by atoms with Crippen molar-refractivity contribution in [2.24, 2.45) is 0 Å². The van der Waals surface area contributed by atoms with E-state index in [4.69, 9.17) is 0 Å². The van der Waals surface area contributed by atoms with Gasteiger partial charge in [-0.2, -0.15) is 18.3 Å². The highest BCUT2D eigenvalue weighted by molar-refractivity contribution is 5.78. The van der Waals surface area contributed by atoms with Gasteiger partial charge in [-0.1, -0.05) is 6.92 Å². The van der Waals surface area contributed by atoms with Gasteiger partial charge in [0, 0.05) is 25.3 Å². The molecule has 0 bridgehead atoms. The Bertz CT molecular complexity index is 574. The van der Waals surface area contributed by atoms with E-state index in [2.05, 4.69) is 16.9 Å². The van der Waals surface area contributed by atoms with Crippen LogP contribution in [0.5, 0.6) is 0 Å². The largest absolute Gasteiger partial charge is 0.435 e. The van der Waals surface area contributed by atoms with Crippen molar-refractivity contribution in [2.45, 2.75) is 50.9 Å². The van der Waals surface area contributed by atoms with Crippen molar-refractivity contribution in [1.82, 2.24) is 19.6 Å². The Balaban J connectivity index is 1.51. The van der Waals surface area contributed by atoms with Gasteiger partial charge in [0.05, 0.1) is 12.6 Å². The lowest BCUT2D eigenvalue weighted by Crippen LogP contribution is -2.45. The number of alkyl halides is 3. The Morgan fingerprint density at radius 3 is 2.46 bits per heavy atom. The van der Waals surface area contributed by atoms with Crippen molar-refractivity contribution in [3.63, 3.8) is 0 Å². The molecule has 1 aromatic heterocycles. The number of nitrogens with zero attached hydrogens (tertiary/aromatic N) is 4. The minimum absolute atomic E-state index is 0.0733. The van der Waals surface area contributed by atoms with Crippen molar-refractivity contribution in [3.8, 4) is 0 Å². The fourth-order valence-electron chi connectivity index (χ4n) is 3.28. The van der Waals surface area contributed by atoms with Crippen LogP contribution in [0, 0.1) is 0 Å². The summed E-state index contributed by atoms with van der Waals surface area (Å²) in [5.74, 6) is 0.124. The molecule has 0 aromatic carbocycles. The van der Waals surface area contributed by atoms with E-state index in [9.17, 15) is 18.0 Å². The highest BCUT2D eigenvalue weighted by Crippen LogP contribution is 2.30. The Kier molecular flexibility index (Phi) is 4.85. The van der Waals surface area contributed by atoms with Crippen LogP contribution in [-0.4, -0.2) is 57.7 Å². The molecule has 24 heavy (non-hydrogen) atoms. The number of amides is 1. The summed E-state index contributed by atoms with van der Waals surface area (Å²) in [5, 5.41) is 3.65. The van der Waals surface area contributed by atoms with Crippen LogP contribution in [-0.2, 0) is 11.0 Å². The molecule has 0 atom stereocenters. The van der Waals surface area contributed by atoms with Gasteiger partial charge in [-0.15, -0.1) is 0 Å². The molecular weight excluding hydrogens is 321 g/mol. The molecule has 1 aliphatic carbocycles. The van der Waals surface area contributed by atoms with Crippen LogP contribution >= 0.6 is 0 Å². The predicted molar refractivity (Wildman–Crippen MR) is 82.3 cm³/mol. The van der Waals surface area contributed by atoms with E-state index in [0.29, 0.717) is 38.5 Å². The smallest absolute Gasteiger partial charge is 0.341 e. The highest BCUT2D eigenvalue weighted by atomic mass is 19.4. The van der Waals surface area contributed by atoms with E-state index < -0.39 is 11.9 Å². The van der Waals surface area contributed by atoms with Crippen molar-refractivity contribution in [1.29, 1.82) is 0 Å². The zero-order chi connectivity index (χ0) is 17.3. The maximum Gasteiger partial charge on any atom is 0.435 e. The average molecular weight is 344 g/mol. The first-order chi connectivity index (χ1) is 11.4. The van der Waals surface area contributed by atoms with Gasteiger partial charge in [0.15, 0.2) is 5.69 Å². The molecule has 1 aliphatic heterocycles. The van der Waals surface area contributed by atoms with Crippen molar-refractivity contribution >= 4 is 5.91 Å². The first-order valence-electron chi connectivity index (χ1n) is 8.52. The Labute approximate surface area is 139 Å². The van der Waals surface area contributed by atoms with Gasteiger partial charge in [-0.3, -0.25) is 14.4 Å². The normalized spacial score (nSPS) is 20.0. The summed E-state index contributed by atoms with van der Waals surface area (Å²) in [6.45, 7) is 4.54. The number of likely N-dealkylation sites (N-methyl/N-ethyl adjacent to an activating group) is 1. The fraction of sp³-hybridized carbons (Fsp3) is 0.750. The van der Waals surface area contributed by atoms with Gasteiger partial charge in [0.2, 0.25) is 5.91 Å². The first kappa shape index (κ1) is 17.3. The first-order valence-corrected chi connectivity index (χ1v) is 8.52. The molecule has 0 radical (unpaired) electrons. The summed E-state index contributed by atoms with van der Waals surface area (Å²) in [4.78, 5) is 16.4. The van der Waals surface area contributed by atoms with Gasteiger partial charge in [0.25, 0.3) is 0 Å². The van der Waals surface area contributed by atoms with Gasteiger partial charge < -0.3 is 4.90 Å². The van der Waals surface area contributed by atoms with Gasteiger partial charge in [-0.05, 0) is 38.3 Å². The second-order valence-electron chi connectivity index (χ2n) is 6.58. The van der Waals surface area contributed by atoms with Crippen LogP contribution < -0.4 is 0 Å². The molecule has 0 spiro atoms. The van der Waals surface area contributed by atoms with Gasteiger partial charge in [-0.25, -0.2) is 0 Å². The number of aromatic nitrogens is 2. The molecule has 3 rings (SSSR count). The molecule has 1 saturated carbocycles. The van der Waals surface area contributed by atoms with Crippen molar-refractivity contribution in [3.05, 3.63) is 18.0 Å². The molecule has 2 heterocycles. The summed E-state index contributed by atoms with van der Waals surface area (Å²) in [6.07, 6.45) is 0.597. The average Bonchev–Trinajstić information content (AvgIpc) is 3.26. The number of hydrogen-bond acceptors (Lipinski definition) is 3. The molecule has 0 unspecified atom stereocenters. The molecule has 134 valence electrons. The van der Waals surface area contributed by atoms with Crippen LogP contribution in [0.3, 0.4) is 0 Å². The summed E-state index contributed by atoms with van der Waals surface area (Å²) < 4.78 is 39.3. The van der Waals surface area contributed by atoms with Crippen LogP contribution in [0.25, 0.3) is 0 Å². The summed E-state index contributed by atoms with van der Waals surface area (Å²) in [7, 11) is 0. The summed E-state index contributed by atoms with van der Waals surface area (Å²) in [6, 6.07) is 1.49. The molecule has 0 N–H and O–H groups in total. The van der Waals surface area contributed by atoms with Crippen LogP contribution in [0.15, 0.2) is 12.3 Å². The lowest BCUT2D eigenvalue weighted by Gasteiger charge is -2.33. The Morgan fingerprint density at radius 2 is 1.96 bits per heavy atom. The molecule has 8 heteroatoms. The quantitative estimate of drug-likeness (QED) is 0.824. The van der Waals surface area contributed by atoms with E-state index in [-0.39, 0.29) is 11.9 Å². The molecular formula is C16H23F3N4O. The third kappa shape index (κ3) is 3.91. The standard InChI is InChI=1S/C16H23F3N4O/c1-2-21(12-3-4-12)11-15(24)22-8-5-13(6-9-22)23-10-7-14(20-23)16(17,18)19/h7,10,12-13H,2-6,8-9,11H2,1H3. The Morgan fingerprint density at radius 1 is 1.29 bits per heavy atom. The van der Waals surface area contributed by atoms with E-state index in [1.54, 1.807) is 0 Å². The minimum Gasteiger partial charge on any atom is -0.341 e. The number of carbonyl (C=O) groups is 1. The lowest BCUT2D eigenvalue weighted by molar-refractivity contribution is -0.141. The maximum atomic E-state index is 12.6. The molecule has 1 amide bonds. The second-order valence-corrected chi connectivity index (χ2v) is 6.58. The van der Waals surface area contributed by atoms with Gasteiger partial charge in [0.1, 0.15) is 0 Å². The molecule has 2 aliphatic rings. The zero-order valence-corrected chi connectivity index (χ0v) is 13.8. The second kappa shape index (κ2) is 6.74. The molecule has 1 aromatic rings. The lowest BCUT2D eigenvalue weighted by atomic mass is 10.1. The highest BCUT2D eigenvalue weighted by Gasteiger charge is 2.35. The molecule has 5 nitrogen and oxygen atoms in total. The topological polar surface area (TPSA) is 41.4 Å². The minimum atomic E-state index is -4.41. The van der Waals surface area contributed by atoms with E-state index in [1.807, 2.05) is 4.90 Å². The number of halogens is 3. The Hall–Kier alpha value is -1.57. The SMILES string of the molecule is CCN(CC(=O)N1CCC(n2ccc(C(F)(F)F)n2)CC1)C1CC1. The summed E-state index contributed by atoms with van der Waals surface area (Å²) >= 11 is 0. The molecule has 2 fully saturated rings. The number of hydrogen-bond donors (Lipinski definition) is 0. The summed E-state index contributed by atoms with van der Waals surface area (Å²) in [5.41, 5.74) is -0.857. The number of piperidine rings is 1. The maximum absolute atomic E-state index is 12.6. The van der Waals surface area contributed by atoms with Crippen molar-refractivity contribution in [2.75, 3.05) is 26.2 Å². The number of rotatable bonds is 5. The van der Waals surface area contributed by atoms with E-state index in [1.165, 1.54) is 23.7 Å². The number of likely N-dealkylation sites (tertiary alicyclic amines) is 1. The van der Waals surface area contributed by atoms with Crippen LogP contribution in [0.2, 0.25) is 0 Å². The molecule has 1 saturated heterocycles. The van der Waals surface area contributed by atoms with E-state index in [0.717, 1.165) is 12.6 Å². The van der Waals surface area contributed by atoms with Crippen molar-refractivity contribution < 1.29 is 18.0 Å². The zero-order valence-electron chi connectivity index (χ0n) is 13.8. The predicted octanol–water partition coefficient (Wildman–Crippen LogP) is 2.55. The van der Waals surface area contributed by atoms with Crippen LogP contribution in [0.1, 0.15) is 44.3 Å².